The van der Waals surface area contributed by atoms with Crippen LogP contribution < -0.4 is 19.8 Å². The van der Waals surface area contributed by atoms with Gasteiger partial charge in [-0.2, -0.15) is 0 Å². The lowest BCUT2D eigenvalue weighted by Gasteiger charge is -2.45. The standard InChI is InChI=1S/C51H48O10/c1-53-48-45(55-31-37-19-9-3-10-20-37)42-28-27-41(29-43(42)60-50(48)52)59-51-49(58-34-40-25-15-6-16-26-40)47(57-33-39-23-13-5-14-24-39)46(56-32-38-21-11-4-12-22-38)44(61-51)35-54-30-36-17-7-2-8-18-36/h2-29,44,46-47,49,51H,30-35H2,1H3/t44-,46+,47+,49-,51-/m1/s1. The Labute approximate surface area is 355 Å². The zero-order chi connectivity index (χ0) is 41.6. The van der Waals surface area contributed by atoms with Crippen LogP contribution in [0.3, 0.4) is 0 Å². The number of methoxy groups -OCH3 is 1. The Balaban J connectivity index is 1.14. The summed E-state index contributed by atoms with van der Waals surface area (Å²) in [5, 5.41) is 0.534. The molecule has 0 radical (unpaired) electrons. The Morgan fingerprint density at radius 2 is 0.984 bits per heavy atom. The summed E-state index contributed by atoms with van der Waals surface area (Å²) < 4.78 is 57.9. The maximum absolute atomic E-state index is 13.2. The zero-order valence-corrected chi connectivity index (χ0v) is 33.9. The quantitative estimate of drug-likeness (QED) is 0.0734. The zero-order valence-electron chi connectivity index (χ0n) is 33.9. The SMILES string of the molecule is COc1c(OCc2ccccc2)c2ccc(O[C@@H]3O[C@H](COCc4ccccc4)[C@H](OCc4ccccc4)[C@H](OCc4ccccc4)[C@H]3OCc3ccccc3)cc2oc1=O. The van der Waals surface area contributed by atoms with Crippen LogP contribution in [-0.2, 0) is 56.7 Å². The highest BCUT2D eigenvalue weighted by Crippen LogP contribution is 2.37. The van der Waals surface area contributed by atoms with Crippen LogP contribution in [0.25, 0.3) is 11.0 Å². The van der Waals surface area contributed by atoms with E-state index in [0.29, 0.717) is 24.3 Å². The molecule has 0 N–H and O–H groups in total. The molecule has 1 saturated heterocycles. The Morgan fingerprint density at radius 1 is 0.508 bits per heavy atom. The fraction of sp³-hybridized carbons (Fsp3) is 0.235. The molecule has 1 aliphatic rings. The van der Waals surface area contributed by atoms with Gasteiger partial charge in [-0.1, -0.05) is 152 Å². The van der Waals surface area contributed by atoms with E-state index < -0.39 is 36.3 Å². The highest BCUT2D eigenvalue weighted by Gasteiger charge is 2.50. The van der Waals surface area contributed by atoms with Gasteiger partial charge >= 0.3 is 5.63 Å². The third-order valence-electron chi connectivity index (χ3n) is 10.3. The third-order valence-corrected chi connectivity index (χ3v) is 10.3. The number of hydrogen-bond acceptors (Lipinski definition) is 10. The van der Waals surface area contributed by atoms with Gasteiger partial charge in [0, 0.05) is 6.07 Å². The van der Waals surface area contributed by atoms with Crippen LogP contribution in [0.15, 0.2) is 179 Å². The Morgan fingerprint density at radius 3 is 1.51 bits per heavy atom. The number of rotatable bonds is 19. The summed E-state index contributed by atoms with van der Waals surface area (Å²) >= 11 is 0. The van der Waals surface area contributed by atoms with Crippen LogP contribution in [0.2, 0.25) is 0 Å². The highest BCUT2D eigenvalue weighted by molar-refractivity contribution is 5.86. The van der Waals surface area contributed by atoms with Crippen LogP contribution in [0.5, 0.6) is 17.2 Å². The molecule has 0 unspecified atom stereocenters. The first-order valence-corrected chi connectivity index (χ1v) is 20.3. The van der Waals surface area contributed by atoms with E-state index in [-0.39, 0.29) is 43.5 Å². The second kappa shape index (κ2) is 20.8. The first-order chi connectivity index (χ1) is 30.1. The van der Waals surface area contributed by atoms with E-state index >= 15 is 0 Å². The van der Waals surface area contributed by atoms with Gasteiger partial charge in [0.2, 0.25) is 12.0 Å². The number of fused-ring (bicyclic) bond motifs is 1. The second-order valence-corrected chi connectivity index (χ2v) is 14.6. The molecule has 5 atom stereocenters. The first kappa shape index (κ1) is 41.5. The van der Waals surface area contributed by atoms with Crippen molar-refractivity contribution in [2.24, 2.45) is 0 Å². The monoisotopic (exact) mass is 820 g/mol. The molecule has 1 aliphatic heterocycles. The third kappa shape index (κ3) is 10.9. The molecule has 0 amide bonds. The fourth-order valence-electron chi connectivity index (χ4n) is 7.23. The van der Waals surface area contributed by atoms with Crippen molar-refractivity contribution >= 4 is 11.0 Å². The predicted molar refractivity (Wildman–Crippen MR) is 230 cm³/mol. The summed E-state index contributed by atoms with van der Waals surface area (Å²) in [6.07, 6.45) is -3.83. The minimum atomic E-state index is -1.03. The molecule has 0 aliphatic carbocycles. The molecule has 0 spiro atoms. The lowest BCUT2D eigenvalue weighted by molar-refractivity contribution is -0.310. The number of benzene rings is 6. The van der Waals surface area contributed by atoms with Gasteiger partial charge in [-0.25, -0.2) is 4.79 Å². The first-order valence-electron chi connectivity index (χ1n) is 20.3. The van der Waals surface area contributed by atoms with Gasteiger partial charge in [0.25, 0.3) is 0 Å². The normalized spacial score (nSPS) is 18.7. The lowest BCUT2D eigenvalue weighted by Crippen LogP contribution is -2.62. The van der Waals surface area contributed by atoms with Crippen LogP contribution in [0, 0.1) is 0 Å². The second-order valence-electron chi connectivity index (χ2n) is 14.6. The molecular formula is C51H48O10. The molecule has 0 bridgehead atoms. The number of hydrogen-bond donors (Lipinski definition) is 0. The Bertz CT molecular complexity index is 2450. The van der Waals surface area contributed by atoms with Crippen molar-refractivity contribution in [2.75, 3.05) is 13.7 Å². The summed E-state index contributed by atoms with van der Waals surface area (Å²) in [7, 11) is 1.41. The van der Waals surface area contributed by atoms with Crippen molar-refractivity contribution in [3.05, 3.63) is 208 Å². The van der Waals surface area contributed by atoms with E-state index in [1.807, 2.05) is 152 Å². The largest absolute Gasteiger partial charge is 0.487 e. The van der Waals surface area contributed by atoms with E-state index in [1.54, 1.807) is 18.2 Å². The maximum Gasteiger partial charge on any atom is 0.383 e. The molecule has 1 aromatic heterocycles. The van der Waals surface area contributed by atoms with E-state index in [1.165, 1.54) is 7.11 Å². The molecule has 61 heavy (non-hydrogen) atoms. The average molecular weight is 821 g/mol. The summed E-state index contributed by atoms with van der Waals surface area (Å²) in [6, 6.07) is 54.7. The van der Waals surface area contributed by atoms with Gasteiger partial charge in [-0.15, -0.1) is 0 Å². The summed E-state index contributed by atoms with van der Waals surface area (Å²) in [4.78, 5) is 13.2. The van der Waals surface area contributed by atoms with Crippen molar-refractivity contribution in [3.63, 3.8) is 0 Å². The molecule has 10 heteroatoms. The van der Waals surface area contributed by atoms with Crippen LogP contribution in [0.4, 0.5) is 0 Å². The summed E-state index contributed by atoms with van der Waals surface area (Å²) in [5.41, 5.74) is 4.45. The Kier molecular flexibility index (Phi) is 14.1. The average Bonchev–Trinajstić information content (AvgIpc) is 3.31. The minimum Gasteiger partial charge on any atom is -0.487 e. The van der Waals surface area contributed by atoms with Crippen LogP contribution >= 0.6 is 0 Å². The molecule has 6 aromatic carbocycles. The van der Waals surface area contributed by atoms with E-state index in [0.717, 1.165) is 27.8 Å². The minimum absolute atomic E-state index is 0.0274. The lowest BCUT2D eigenvalue weighted by atomic mass is 9.97. The predicted octanol–water partition coefficient (Wildman–Crippen LogP) is 9.46. The van der Waals surface area contributed by atoms with Gasteiger partial charge in [0.05, 0.1) is 45.5 Å². The van der Waals surface area contributed by atoms with E-state index in [9.17, 15) is 4.79 Å². The molecule has 2 heterocycles. The fourth-order valence-corrected chi connectivity index (χ4v) is 7.23. The summed E-state index contributed by atoms with van der Waals surface area (Å²) in [5.74, 6) is 0.605. The van der Waals surface area contributed by atoms with Gasteiger partial charge in [0.15, 0.2) is 5.75 Å². The van der Waals surface area contributed by atoms with Crippen molar-refractivity contribution in [3.8, 4) is 17.2 Å². The van der Waals surface area contributed by atoms with Gasteiger partial charge < -0.3 is 42.3 Å². The number of ether oxygens (including phenoxy) is 8. The molecule has 7 aromatic rings. The summed E-state index contributed by atoms with van der Waals surface area (Å²) in [6.45, 7) is 1.57. The van der Waals surface area contributed by atoms with Gasteiger partial charge in [-0.3, -0.25) is 0 Å². The smallest absolute Gasteiger partial charge is 0.383 e. The van der Waals surface area contributed by atoms with Crippen LogP contribution in [0.1, 0.15) is 27.8 Å². The topological polar surface area (TPSA) is 104 Å². The molecule has 10 nitrogen and oxygen atoms in total. The van der Waals surface area contributed by atoms with Crippen molar-refractivity contribution in [2.45, 2.75) is 63.7 Å². The Hall–Kier alpha value is -6.27. The van der Waals surface area contributed by atoms with E-state index in [4.69, 9.17) is 42.3 Å². The van der Waals surface area contributed by atoms with Gasteiger partial charge in [-0.05, 0) is 39.9 Å². The molecule has 312 valence electrons. The van der Waals surface area contributed by atoms with Crippen molar-refractivity contribution in [1.82, 2.24) is 0 Å². The van der Waals surface area contributed by atoms with Crippen molar-refractivity contribution < 1.29 is 42.3 Å². The highest BCUT2D eigenvalue weighted by atomic mass is 16.7. The van der Waals surface area contributed by atoms with E-state index in [2.05, 4.69) is 0 Å². The molecular weight excluding hydrogens is 773 g/mol. The molecule has 0 saturated carbocycles. The molecule has 1 fully saturated rings. The maximum atomic E-state index is 13.2. The molecule has 8 rings (SSSR count). The van der Waals surface area contributed by atoms with Gasteiger partial charge in [0.1, 0.15) is 42.4 Å². The van der Waals surface area contributed by atoms with Crippen molar-refractivity contribution in [1.29, 1.82) is 0 Å². The van der Waals surface area contributed by atoms with Crippen LogP contribution in [-0.4, -0.2) is 44.4 Å².